The Morgan fingerprint density at radius 1 is 1.35 bits per heavy atom. The van der Waals surface area contributed by atoms with E-state index in [2.05, 4.69) is 5.32 Å². The van der Waals surface area contributed by atoms with Crippen molar-refractivity contribution in [1.29, 1.82) is 0 Å². The van der Waals surface area contributed by atoms with Crippen LogP contribution in [0.2, 0.25) is 5.02 Å². The zero-order valence-corrected chi connectivity index (χ0v) is 14.3. The van der Waals surface area contributed by atoms with E-state index in [1.54, 1.807) is 0 Å². The van der Waals surface area contributed by atoms with Gasteiger partial charge < -0.3 is 10.4 Å². The standard InChI is InChI=1S/C15H21ClN2O4S/c16-13-4-6-14(7-5-13)23(21,22)18-9-1-3-12(11-18)15(20)17-8-2-10-19/h4-7,12,19H,1-3,8-11H2,(H,17,20)/t12-/m0/s1. The van der Waals surface area contributed by atoms with Crippen LogP contribution in [0.15, 0.2) is 29.2 Å². The third-order valence-electron chi connectivity index (χ3n) is 3.84. The molecule has 1 saturated heterocycles. The van der Waals surface area contributed by atoms with Crippen molar-refractivity contribution in [1.82, 2.24) is 9.62 Å². The number of rotatable bonds is 6. The van der Waals surface area contributed by atoms with Crippen molar-refractivity contribution in [3.05, 3.63) is 29.3 Å². The van der Waals surface area contributed by atoms with E-state index in [1.807, 2.05) is 0 Å². The highest BCUT2D eigenvalue weighted by Crippen LogP contribution is 2.24. The maximum Gasteiger partial charge on any atom is 0.243 e. The number of sulfonamides is 1. The van der Waals surface area contributed by atoms with Crippen molar-refractivity contribution in [3.63, 3.8) is 0 Å². The van der Waals surface area contributed by atoms with Gasteiger partial charge in [0.15, 0.2) is 0 Å². The van der Waals surface area contributed by atoms with Crippen LogP contribution in [-0.2, 0) is 14.8 Å². The number of halogens is 1. The van der Waals surface area contributed by atoms with E-state index < -0.39 is 10.0 Å². The quantitative estimate of drug-likeness (QED) is 0.747. The van der Waals surface area contributed by atoms with E-state index in [0.717, 1.165) is 0 Å². The first-order valence-electron chi connectivity index (χ1n) is 7.59. The normalized spacial score (nSPS) is 19.5. The molecule has 6 nitrogen and oxygen atoms in total. The lowest BCUT2D eigenvalue weighted by Gasteiger charge is -2.31. The van der Waals surface area contributed by atoms with Crippen molar-refractivity contribution in [2.75, 3.05) is 26.2 Å². The van der Waals surface area contributed by atoms with Gasteiger partial charge in [0.1, 0.15) is 0 Å². The second-order valence-electron chi connectivity index (χ2n) is 5.52. The molecule has 0 bridgehead atoms. The number of piperidine rings is 1. The minimum absolute atomic E-state index is 0.0159. The third kappa shape index (κ3) is 4.67. The molecule has 23 heavy (non-hydrogen) atoms. The fraction of sp³-hybridized carbons (Fsp3) is 0.533. The van der Waals surface area contributed by atoms with Crippen LogP contribution in [-0.4, -0.2) is 50.0 Å². The van der Waals surface area contributed by atoms with E-state index in [1.165, 1.54) is 28.6 Å². The van der Waals surface area contributed by atoms with Crippen molar-refractivity contribution in [2.24, 2.45) is 5.92 Å². The molecule has 128 valence electrons. The van der Waals surface area contributed by atoms with Crippen LogP contribution in [0.5, 0.6) is 0 Å². The number of carbonyl (C=O) groups excluding carboxylic acids is 1. The molecular weight excluding hydrogens is 340 g/mol. The van der Waals surface area contributed by atoms with Crippen LogP contribution in [0.1, 0.15) is 19.3 Å². The number of benzene rings is 1. The molecule has 1 amide bonds. The number of hydrogen-bond acceptors (Lipinski definition) is 4. The molecule has 0 radical (unpaired) electrons. The molecule has 1 atom stereocenters. The van der Waals surface area contributed by atoms with Gasteiger partial charge in [0.05, 0.1) is 10.8 Å². The molecule has 2 N–H and O–H groups in total. The largest absolute Gasteiger partial charge is 0.396 e. The number of amides is 1. The van der Waals surface area contributed by atoms with Crippen molar-refractivity contribution >= 4 is 27.5 Å². The summed E-state index contributed by atoms with van der Waals surface area (Å²) in [6.07, 6.45) is 1.80. The van der Waals surface area contributed by atoms with Gasteiger partial charge in [0.2, 0.25) is 15.9 Å². The van der Waals surface area contributed by atoms with E-state index in [9.17, 15) is 13.2 Å². The average molecular weight is 361 g/mol. The van der Waals surface area contributed by atoms with Crippen LogP contribution in [0.4, 0.5) is 0 Å². The Balaban J connectivity index is 2.05. The molecule has 0 spiro atoms. The van der Waals surface area contributed by atoms with Gasteiger partial charge in [0, 0.05) is 31.3 Å². The van der Waals surface area contributed by atoms with Crippen LogP contribution in [0, 0.1) is 5.92 Å². The second-order valence-corrected chi connectivity index (χ2v) is 7.90. The zero-order chi connectivity index (χ0) is 16.9. The molecular formula is C15H21ClN2O4S. The molecule has 2 rings (SSSR count). The fourth-order valence-corrected chi connectivity index (χ4v) is 4.22. The Morgan fingerprint density at radius 2 is 2.04 bits per heavy atom. The number of nitrogens with zero attached hydrogens (tertiary/aromatic N) is 1. The van der Waals surface area contributed by atoms with Crippen LogP contribution in [0.25, 0.3) is 0 Å². The maximum absolute atomic E-state index is 12.6. The SMILES string of the molecule is O=C(NCCCO)[C@H]1CCCN(S(=O)(=O)c2ccc(Cl)cc2)C1. The highest BCUT2D eigenvalue weighted by molar-refractivity contribution is 7.89. The van der Waals surface area contributed by atoms with Crippen LogP contribution in [0.3, 0.4) is 0 Å². The Hall–Kier alpha value is -1.15. The van der Waals surface area contributed by atoms with E-state index in [-0.39, 0.29) is 29.9 Å². The predicted octanol–water partition coefficient (Wildman–Crippen LogP) is 1.24. The minimum atomic E-state index is -3.62. The molecule has 1 aromatic carbocycles. The summed E-state index contributed by atoms with van der Waals surface area (Å²) in [7, 11) is -3.62. The minimum Gasteiger partial charge on any atom is -0.396 e. The average Bonchev–Trinajstić information content (AvgIpc) is 2.55. The fourth-order valence-electron chi connectivity index (χ4n) is 2.57. The van der Waals surface area contributed by atoms with Crippen LogP contribution >= 0.6 is 11.6 Å². The Labute approximate surface area is 141 Å². The van der Waals surface area contributed by atoms with E-state index in [0.29, 0.717) is 37.4 Å². The van der Waals surface area contributed by atoms with Crippen molar-refractivity contribution in [2.45, 2.75) is 24.2 Å². The number of aliphatic hydroxyl groups excluding tert-OH is 1. The van der Waals surface area contributed by atoms with Gasteiger partial charge in [-0.15, -0.1) is 0 Å². The zero-order valence-electron chi connectivity index (χ0n) is 12.7. The summed E-state index contributed by atoms with van der Waals surface area (Å²) >= 11 is 5.79. The van der Waals surface area contributed by atoms with Gasteiger partial charge in [-0.05, 0) is 43.5 Å². The summed E-state index contributed by atoms with van der Waals surface area (Å²) in [5, 5.41) is 11.9. The lowest BCUT2D eigenvalue weighted by Crippen LogP contribution is -2.45. The molecule has 1 aliphatic rings. The summed E-state index contributed by atoms with van der Waals surface area (Å²) in [4.78, 5) is 12.3. The number of hydrogen-bond donors (Lipinski definition) is 2. The second kappa shape index (κ2) is 8.10. The van der Waals surface area contributed by atoms with Gasteiger partial charge in [0.25, 0.3) is 0 Å². The third-order valence-corrected chi connectivity index (χ3v) is 5.97. The van der Waals surface area contributed by atoms with E-state index >= 15 is 0 Å². The van der Waals surface area contributed by atoms with Gasteiger partial charge in [-0.3, -0.25) is 4.79 Å². The molecule has 1 heterocycles. The smallest absolute Gasteiger partial charge is 0.243 e. The lowest BCUT2D eigenvalue weighted by atomic mass is 9.99. The first kappa shape index (κ1) is 18.2. The van der Waals surface area contributed by atoms with Gasteiger partial charge in [-0.1, -0.05) is 11.6 Å². The molecule has 0 saturated carbocycles. The Bertz CT molecular complexity index is 633. The Morgan fingerprint density at radius 3 is 2.70 bits per heavy atom. The summed E-state index contributed by atoms with van der Waals surface area (Å²) in [5.74, 6) is -0.515. The highest BCUT2D eigenvalue weighted by Gasteiger charge is 2.33. The Kier molecular flexibility index (Phi) is 6.41. The monoisotopic (exact) mass is 360 g/mol. The molecule has 1 fully saturated rings. The number of carbonyl (C=O) groups is 1. The predicted molar refractivity (Wildman–Crippen MR) is 87.6 cm³/mol. The maximum atomic E-state index is 12.6. The topological polar surface area (TPSA) is 86.7 Å². The highest BCUT2D eigenvalue weighted by atomic mass is 35.5. The molecule has 8 heteroatoms. The van der Waals surface area contributed by atoms with Gasteiger partial charge in [-0.25, -0.2) is 8.42 Å². The number of aliphatic hydroxyl groups is 1. The molecule has 0 aromatic heterocycles. The lowest BCUT2D eigenvalue weighted by molar-refractivity contribution is -0.126. The first-order chi connectivity index (χ1) is 10.9. The van der Waals surface area contributed by atoms with Gasteiger partial charge >= 0.3 is 0 Å². The molecule has 1 aromatic rings. The summed E-state index contributed by atoms with van der Waals surface area (Å²) in [6, 6.07) is 6.03. The van der Waals surface area contributed by atoms with Crippen LogP contribution < -0.4 is 5.32 Å². The van der Waals surface area contributed by atoms with Gasteiger partial charge in [-0.2, -0.15) is 4.31 Å². The first-order valence-corrected chi connectivity index (χ1v) is 9.41. The van der Waals surface area contributed by atoms with Crippen molar-refractivity contribution in [3.8, 4) is 0 Å². The van der Waals surface area contributed by atoms with Crippen molar-refractivity contribution < 1.29 is 18.3 Å². The molecule has 0 aliphatic carbocycles. The summed E-state index contributed by atoms with van der Waals surface area (Å²) in [5.41, 5.74) is 0. The molecule has 0 unspecified atom stereocenters. The summed E-state index contributed by atoms with van der Waals surface area (Å²) < 4.78 is 26.6. The van der Waals surface area contributed by atoms with E-state index in [4.69, 9.17) is 16.7 Å². The summed E-state index contributed by atoms with van der Waals surface area (Å²) in [6.45, 7) is 0.999. The molecule has 1 aliphatic heterocycles. The number of nitrogens with one attached hydrogen (secondary N) is 1.